The SMILES string of the molecule is CC(=O)O.NC(N)=O.[Ni]. The molecule has 0 spiro atoms. The summed E-state index contributed by atoms with van der Waals surface area (Å²) in [6.45, 7) is 1.08. The number of aliphatic carboxylic acids is 1. The van der Waals surface area contributed by atoms with Crippen LogP contribution in [0.1, 0.15) is 6.92 Å². The predicted octanol–water partition coefficient (Wildman–Crippen LogP) is -0.888. The number of hydrogen-bond acceptors (Lipinski definition) is 2. The molecule has 0 aliphatic rings. The molecule has 0 rings (SSSR count). The van der Waals surface area contributed by atoms with E-state index in [4.69, 9.17) is 14.7 Å². The Morgan fingerprint density at radius 3 is 1.33 bits per heavy atom. The number of carboxylic acids is 1. The molecule has 5 nitrogen and oxygen atoms in total. The van der Waals surface area contributed by atoms with Crippen LogP contribution in [0.2, 0.25) is 0 Å². The van der Waals surface area contributed by atoms with Crippen LogP contribution >= 0.6 is 0 Å². The van der Waals surface area contributed by atoms with Crippen LogP contribution in [0.15, 0.2) is 0 Å². The molecular formula is C3H8N2NiO3. The summed E-state index contributed by atoms with van der Waals surface area (Å²) in [6.07, 6.45) is 0. The summed E-state index contributed by atoms with van der Waals surface area (Å²) in [7, 11) is 0. The van der Waals surface area contributed by atoms with E-state index in [0.717, 1.165) is 6.92 Å². The van der Waals surface area contributed by atoms with Crippen LogP contribution in [0.25, 0.3) is 0 Å². The predicted molar refractivity (Wildman–Crippen MR) is 27.1 cm³/mol. The van der Waals surface area contributed by atoms with Gasteiger partial charge in [0.2, 0.25) is 0 Å². The minimum absolute atomic E-state index is 0. The molecule has 0 aliphatic carbocycles. The minimum Gasteiger partial charge on any atom is -0.481 e. The number of rotatable bonds is 0. The first-order chi connectivity index (χ1) is 3.46. The van der Waals surface area contributed by atoms with Crippen LogP contribution in [-0.2, 0) is 21.3 Å². The van der Waals surface area contributed by atoms with E-state index in [0.29, 0.717) is 0 Å². The summed E-state index contributed by atoms with van der Waals surface area (Å²) in [4.78, 5) is 18.0. The molecule has 0 radical (unpaired) electrons. The van der Waals surface area contributed by atoms with Gasteiger partial charge in [0.25, 0.3) is 5.97 Å². The number of primary amides is 2. The molecule has 0 saturated carbocycles. The second-order valence-electron chi connectivity index (χ2n) is 0.921. The zero-order chi connectivity index (χ0) is 7.15. The van der Waals surface area contributed by atoms with Crippen molar-refractivity contribution in [3.63, 3.8) is 0 Å². The zero-order valence-electron chi connectivity index (χ0n) is 4.73. The van der Waals surface area contributed by atoms with Gasteiger partial charge in [-0.3, -0.25) is 4.79 Å². The zero-order valence-corrected chi connectivity index (χ0v) is 5.72. The van der Waals surface area contributed by atoms with Crippen molar-refractivity contribution < 1.29 is 31.2 Å². The summed E-state index contributed by atoms with van der Waals surface area (Å²) in [6, 6.07) is -0.833. The van der Waals surface area contributed by atoms with Crippen molar-refractivity contribution >= 4 is 12.0 Å². The largest absolute Gasteiger partial charge is 0.481 e. The van der Waals surface area contributed by atoms with Crippen molar-refractivity contribution in [2.75, 3.05) is 0 Å². The van der Waals surface area contributed by atoms with E-state index in [1.54, 1.807) is 0 Å². The monoisotopic (exact) mass is 178 g/mol. The van der Waals surface area contributed by atoms with E-state index in [1.807, 2.05) is 0 Å². The third-order valence-electron chi connectivity index (χ3n) is 0. The number of carbonyl (C=O) groups is 2. The number of carbonyl (C=O) groups excluding carboxylic acids is 1. The van der Waals surface area contributed by atoms with Crippen molar-refractivity contribution in [1.29, 1.82) is 0 Å². The van der Waals surface area contributed by atoms with Gasteiger partial charge in [0.1, 0.15) is 0 Å². The Kier molecular flexibility index (Phi) is 17.9. The number of urea groups is 1. The standard InChI is InChI=1S/C2H4O2.CH4N2O.Ni/c1-2(3)4;2-1(3)4;/h1H3,(H,3,4);(H4,2,3,4);. The number of hydrogen-bond donors (Lipinski definition) is 3. The fourth-order valence-electron chi connectivity index (χ4n) is 0. The fraction of sp³-hybridized carbons (Fsp3) is 0.333. The minimum atomic E-state index is -0.833. The van der Waals surface area contributed by atoms with Gasteiger partial charge in [-0.2, -0.15) is 0 Å². The molecule has 2 amide bonds. The Morgan fingerprint density at radius 1 is 1.33 bits per heavy atom. The van der Waals surface area contributed by atoms with E-state index in [-0.39, 0.29) is 16.5 Å². The summed E-state index contributed by atoms with van der Waals surface area (Å²) in [5, 5.41) is 7.42. The van der Waals surface area contributed by atoms with Gasteiger partial charge in [-0.05, 0) is 0 Å². The average molecular weight is 179 g/mol. The molecular weight excluding hydrogens is 171 g/mol. The van der Waals surface area contributed by atoms with Gasteiger partial charge in [0.05, 0.1) is 0 Å². The topological polar surface area (TPSA) is 106 Å². The van der Waals surface area contributed by atoms with Crippen molar-refractivity contribution in [2.45, 2.75) is 6.92 Å². The Labute approximate surface area is 62.3 Å². The molecule has 0 aliphatic heterocycles. The second kappa shape index (κ2) is 10.3. The molecule has 0 aromatic rings. The van der Waals surface area contributed by atoms with Crippen LogP contribution in [-0.4, -0.2) is 17.1 Å². The first-order valence-corrected chi connectivity index (χ1v) is 1.71. The molecule has 0 aromatic carbocycles. The smallest absolute Gasteiger partial charge is 0.309 e. The number of nitrogens with two attached hydrogens (primary N) is 2. The molecule has 5 N–H and O–H groups in total. The molecule has 6 heteroatoms. The van der Waals surface area contributed by atoms with Crippen molar-refractivity contribution in [2.24, 2.45) is 11.5 Å². The molecule has 0 fully saturated rings. The van der Waals surface area contributed by atoms with Crippen LogP contribution in [0.3, 0.4) is 0 Å². The Bertz CT molecular complexity index is 75.1. The quantitative estimate of drug-likeness (QED) is 0.419. The van der Waals surface area contributed by atoms with Gasteiger partial charge in [-0.15, -0.1) is 0 Å². The van der Waals surface area contributed by atoms with E-state index >= 15 is 0 Å². The number of amides is 2. The molecule has 0 heterocycles. The van der Waals surface area contributed by atoms with Gasteiger partial charge in [-0.25, -0.2) is 4.79 Å². The van der Waals surface area contributed by atoms with E-state index in [9.17, 15) is 0 Å². The van der Waals surface area contributed by atoms with Crippen LogP contribution in [0, 0.1) is 0 Å². The summed E-state index contributed by atoms with van der Waals surface area (Å²) < 4.78 is 0. The van der Waals surface area contributed by atoms with E-state index in [1.165, 1.54) is 0 Å². The van der Waals surface area contributed by atoms with Crippen molar-refractivity contribution in [3.8, 4) is 0 Å². The molecule has 0 aromatic heterocycles. The maximum Gasteiger partial charge on any atom is 0.309 e. The fourth-order valence-corrected chi connectivity index (χ4v) is 0. The van der Waals surface area contributed by atoms with Crippen molar-refractivity contribution in [3.05, 3.63) is 0 Å². The second-order valence-corrected chi connectivity index (χ2v) is 0.921. The number of carboxylic acid groups (broad SMARTS) is 1. The van der Waals surface area contributed by atoms with E-state index < -0.39 is 12.0 Å². The van der Waals surface area contributed by atoms with Gasteiger partial charge in [0.15, 0.2) is 0 Å². The van der Waals surface area contributed by atoms with Crippen LogP contribution in [0.4, 0.5) is 4.79 Å². The normalized spacial score (nSPS) is 5.44. The average Bonchev–Trinajstić information content (AvgIpc) is 1.25. The van der Waals surface area contributed by atoms with Gasteiger partial charge in [0, 0.05) is 23.4 Å². The summed E-state index contributed by atoms with van der Waals surface area (Å²) in [5.74, 6) is -0.833. The van der Waals surface area contributed by atoms with Gasteiger partial charge >= 0.3 is 6.03 Å². The first kappa shape index (κ1) is 15.7. The maximum absolute atomic E-state index is 9.00. The van der Waals surface area contributed by atoms with Crippen molar-refractivity contribution in [1.82, 2.24) is 0 Å². The van der Waals surface area contributed by atoms with Gasteiger partial charge in [-0.1, -0.05) is 0 Å². The summed E-state index contributed by atoms with van der Waals surface area (Å²) >= 11 is 0. The summed E-state index contributed by atoms with van der Waals surface area (Å²) in [5.41, 5.74) is 8.50. The third kappa shape index (κ3) is 337. The molecule has 0 bridgehead atoms. The Hall–Kier alpha value is -0.766. The third-order valence-corrected chi connectivity index (χ3v) is 0. The molecule has 9 heavy (non-hydrogen) atoms. The molecule has 0 atom stereocenters. The Balaban J connectivity index is -0.0000000720. The maximum atomic E-state index is 9.00. The van der Waals surface area contributed by atoms with E-state index in [2.05, 4.69) is 11.5 Å². The molecule has 0 saturated heterocycles. The first-order valence-electron chi connectivity index (χ1n) is 1.71. The van der Waals surface area contributed by atoms with Crippen LogP contribution in [0.5, 0.6) is 0 Å². The van der Waals surface area contributed by atoms with Gasteiger partial charge < -0.3 is 16.6 Å². The van der Waals surface area contributed by atoms with Crippen LogP contribution < -0.4 is 11.5 Å². The molecule has 58 valence electrons. The Morgan fingerprint density at radius 2 is 1.33 bits per heavy atom. The molecule has 0 unspecified atom stereocenters.